The Morgan fingerprint density at radius 3 is 2.42 bits per heavy atom. The minimum Gasteiger partial charge on any atom is -0.386 e. The smallest absolute Gasteiger partial charge is 0.386 e. The third-order valence-electron chi connectivity index (χ3n) is 4.19. The zero-order valence-corrected chi connectivity index (χ0v) is 19.0. The molecule has 20 heteroatoms. The van der Waals surface area contributed by atoms with Crippen LogP contribution in [0.5, 0.6) is 0 Å². The Kier molecular flexibility index (Phi) is 7.64. The van der Waals surface area contributed by atoms with Crippen LogP contribution in [-0.4, -0.2) is 59.2 Å². The van der Waals surface area contributed by atoms with E-state index in [1.54, 1.807) is 0 Å². The molecule has 178 valence electrons. The Balaban J connectivity index is 2.22. The van der Waals surface area contributed by atoms with Crippen molar-refractivity contribution in [3.63, 3.8) is 0 Å². The van der Waals surface area contributed by atoms with E-state index >= 15 is 0 Å². The van der Waals surface area contributed by atoms with Gasteiger partial charge in [0.05, 0.1) is 13.2 Å². The highest BCUT2D eigenvalue weighted by molar-refractivity contribution is 7.66. The molecule has 2 rings (SSSR count). The van der Waals surface area contributed by atoms with Crippen LogP contribution in [0.1, 0.15) is 13.3 Å². The molecule has 1 aromatic rings. The van der Waals surface area contributed by atoms with E-state index in [4.69, 9.17) is 31.9 Å². The Bertz CT molecular complexity index is 1030. The largest absolute Gasteiger partial charge is 0.490 e. The average Bonchev–Trinajstić information content (AvgIpc) is 2.83. The lowest BCUT2D eigenvalue weighted by atomic mass is 9.92. The maximum atomic E-state index is 12.1. The van der Waals surface area contributed by atoms with Crippen molar-refractivity contribution in [3.8, 4) is 0 Å². The van der Waals surface area contributed by atoms with Crippen LogP contribution in [-0.2, 0) is 36.6 Å². The minimum atomic E-state index is -5.72. The van der Waals surface area contributed by atoms with Gasteiger partial charge in [0.15, 0.2) is 5.00 Å². The van der Waals surface area contributed by atoms with Gasteiger partial charge in [-0.25, -0.2) is 18.5 Å². The second-order valence-electron chi connectivity index (χ2n) is 6.30. The molecule has 0 amide bonds. The van der Waals surface area contributed by atoms with Crippen LogP contribution >= 0.6 is 35.1 Å². The fraction of sp³-hybridized carbons (Fsp3) is 0.636. The van der Waals surface area contributed by atoms with E-state index in [1.807, 2.05) is 0 Å². The number of phosphoric acid groups is 3. The fourth-order valence-electron chi connectivity index (χ4n) is 2.72. The lowest BCUT2D eigenvalue weighted by molar-refractivity contribution is -0.0924. The molecule has 0 spiro atoms. The number of halogens is 1. The van der Waals surface area contributed by atoms with E-state index in [2.05, 4.69) is 18.1 Å². The number of anilines is 1. The molecule has 1 aliphatic heterocycles. The minimum absolute atomic E-state index is 0.102. The van der Waals surface area contributed by atoms with Crippen molar-refractivity contribution >= 4 is 40.9 Å². The summed E-state index contributed by atoms with van der Waals surface area (Å²) in [6.07, 6.45) is -0.699. The molecular formula is C11H19ClN3O13P3. The van der Waals surface area contributed by atoms with Crippen molar-refractivity contribution in [2.45, 2.75) is 30.0 Å². The van der Waals surface area contributed by atoms with E-state index in [1.165, 1.54) is 13.0 Å². The van der Waals surface area contributed by atoms with Gasteiger partial charge in [-0.2, -0.15) is 13.6 Å². The van der Waals surface area contributed by atoms with Gasteiger partial charge >= 0.3 is 29.2 Å². The topological polar surface area (TPSA) is 250 Å². The number of alkyl halides is 1. The molecule has 16 nitrogen and oxygen atoms in total. The number of phosphoric ester groups is 1. The first-order chi connectivity index (χ1) is 14.0. The molecule has 2 unspecified atom stereocenters. The number of aromatic nitrogens is 2. The highest BCUT2D eigenvalue weighted by Crippen LogP contribution is 2.66. The van der Waals surface area contributed by atoms with Crippen molar-refractivity contribution in [2.75, 3.05) is 18.9 Å². The summed E-state index contributed by atoms with van der Waals surface area (Å²) in [4.78, 5) is 49.5. The highest BCUT2D eigenvalue weighted by Gasteiger charge is 2.59. The third-order valence-corrected chi connectivity index (χ3v) is 8.47. The maximum absolute atomic E-state index is 12.1. The first-order valence-corrected chi connectivity index (χ1v) is 13.0. The van der Waals surface area contributed by atoms with Gasteiger partial charge in [-0.3, -0.25) is 9.09 Å². The van der Waals surface area contributed by atoms with Crippen LogP contribution in [0, 0.1) is 0 Å². The van der Waals surface area contributed by atoms with E-state index in [0.717, 1.165) is 10.8 Å². The van der Waals surface area contributed by atoms with Gasteiger partial charge in [0.2, 0.25) is 0 Å². The molecule has 1 fully saturated rings. The molecule has 2 heterocycles. The number of hydrogen-bond acceptors (Lipinski definition) is 11. The fourth-order valence-corrected chi connectivity index (χ4v) is 6.18. The number of aliphatic hydroxyl groups excluding tert-OH is 1. The van der Waals surface area contributed by atoms with Gasteiger partial charge in [0.1, 0.15) is 17.5 Å². The number of hydrogen-bond donors (Lipinski definition) is 6. The highest BCUT2D eigenvalue weighted by atomic mass is 35.5. The summed E-state index contributed by atoms with van der Waals surface area (Å²) < 4.78 is 52.1. The Morgan fingerprint density at radius 1 is 1.29 bits per heavy atom. The molecule has 0 saturated carbocycles. The van der Waals surface area contributed by atoms with Crippen molar-refractivity contribution in [1.82, 2.24) is 9.55 Å². The molecule has 1 saturated heterocycles. The van der Waals surface area contributed by atoms with Crippen LogP contribution in [0.15, 0.2) is 17.1 Å². The van der Waals surface area contributed by atoms with Crippen LogP contribution in [0.4, 0.5) is 5.82 Å². The molecule has 0 bridgehead atoms. The third kappa shape index (κ3) is 6.21. The summed E-state index contributed by atoms with van der Waals surface area (Å²) in [5.74, 6) is -0.107. The zero-order valence-electron chi connectivity index (χ0n) is 15.5. The zero-order chi connectivity index (χ0) is 23.9. The predicted octanol–water partition coefficient (Wildman–Crippen LogP) is -0.400. The van der Waals surface area contributed by atoms with Crippen LogP contribution in [0.25, 0.3) is 0 Å². The Labute approximate surface area is 179 Å². The average molecular weight is 530 g/mol. The summed E-state index contributed by atoms with van der Waals surface area (Å²) in [5, 5.41) is 10.8. The van der Waals surface area contributed by atoms with Crippen molar-refractivity contribution in [2.24, 2.45) is 0 Å². The normalized spacial score (nSPS) is 30.6. The van der Waals surface area contributed by atoms with Gasteiger partial charge in [0.25, 0.3) is 0 Å². The van der Waals surface area contributed by atoms with Crippen molar-refractivity contribution in [3.05, 3.63) is 22.7 Å². The van der Waals surface area contributed by atoms with E-state index in [-0.39, 0.29) is 12.2 Å². The van der Waals surface area contributed by atoms with Crippen molar-refractivity contribution in [1.29, 1.82) is 0 Å². The maximum Gasteiger partial charge on any atom is 0.490 e. The van der Waals surface area contributed by atoms with Gasteiger partial charge in [-0.15, -0.1) is 0 Å². The molecule has 31 heavy (non-hydrogen) atoms. The first-order valence-electron chi connectivity index (χ1n) is 8.10. The number of aliphatic hydroxyl groups is 1. The van der Waals surface area contributed by atoms with E-state index in [0.29, 0.717) is 0 Å². The lowest BCUT2D eigenvalue weighted by Crippen LogP contribution is -2.53. The molecule has 0 aliphatic carbocycles. The molecule has 0 radical (unpaired) electrons. The Hall–Kier alpha value is -0.700. The van der Waals surface area contributed by atoms with Crippen molar-refractivity contribution < 1.29 is 56.3 Å². The number of nitrogens with two attached hydrogens (primary N) is 1. The van der Waals surface area contributed by atoms with Gasteiger partial charge in [-0.1, -0.05) is 18.5 Å². The summed E-state index contributed by atoms with van der Waals surface area (Å²) in [7, 11) is -16.8. The number of ether oxygens (including phenoxy) is 1. The molecule has 0 aromatic carbocycles. The molecular weight excluding hydrogens is 511 g/mol. The molecule has 1 aromatic heterocycles. The molecule has 1 aliphatic rings. The predicted molar refractivity (Wildman–Crippen MR) is 102 cm³/mol. The van der Waals surface area contributed by atoms with E-state index < -0.39 is 59.1 Å². The SMILES string of the molecule is CC[C@]1(COP(=O)(O)OP(=O)(O)OP(=O)(O)O)OC[C@](Cl)(n2ccc(N)nc2=O)[C@@H]1O. The second kappa shape index (κ2) is 8.92. The number of nitrogens with zero attached hydrogens (tertiary/aromatic N) is 2. The number of rotatable bonds is 9. The van der Waals surface area contributed by atoms with Crippen LogP contribution in [0.2, 0.25) is 0 Å². The summed E-state index contributed by atoms with van der Waals surface area (Å²) in [5.41, 5.74) is 2.68. The van der Waals surface area contributed by atoms with Gasteiger partial charge < -0.3 is 35.2 Å². The van der Waals surface area contributed by atoms with Crippen LogP contribution in [0.3, 0.4) is 0 Å². The van der Waals surface area contributed by atoms with Gasteiger partial charge in [0, 0.05) is 6.20 Å². The van der Waals surface area contributed by atoms with E-state index in [9.17, 15) is 33.4 Å². The Morgan fingerprint density at radius 2 is 1.90 bits per heavy atom. The van der Waals surface area contributed by atoms with Crippen LogP contribution < -0.4 is 11.4 Å². The monoisotopic (exact) mass is 529 g/mol. The molecule has 7 N–H and O–H groups in total. The standard InChI is InChI=1S/C11H19ClN3O13P3/c1-2-10(5-26-30(21,22)28-31(23,24)27-29(18,19)20)8(16)11(12,6-25-10)15-4-3-7(13)14-9(15)17/h3-4,8,16H,2,5-6H2,1H3,(H,21,22)(H,23,24)(H2,13,14,17)(H2,18,19,20)/t8-,10-,11+/m1/s1. The molecule has 5 atom stereocenters. The first kappa shape index (κ1) is 26.6. The summed E-state index contributed by atoms with van der Waals surface area (Å²) in [6.45, 7) is 0.0189. The summed E-state index contributed by atoms with van der Waals surface area (Å²) in [6, 6.07) is 1.23. The quantitative estimate of drug-likeness (QED) is 0.176. The van der Waals surface area contributed by atoms with Gasteiger partial charge in [-0.05, 0) is 12.5 Å². The number of nitrogen functional groups attached to an aromatic ring is 1. The summed E-state index contributed by atoms with van der Waals surface area (Å²) >= 11 is 6.39. The lowest BCUT2D eigenvalue weighted by Gasteiger charge is -2.34. The second-order valence-corrected chi connectivity index (χ2v) is 11.4.